The largest absolute Gasteiger partial charge is 0.492 e. The minimum absolute atomic E-state index is 0.530. The van der Waals surface area contributed by atoms with Crippen molar-refractivity contribution in [1.29, 1.82) is 0 Å². The standard InChI is InChI=1S/C15H17NO2/c1-3-17-13-9-6-10-14(15(13)16)18-12-8-5-4-7-11(12)2/h4-10H,3,16H2,1-2H3. The fourth-order valence-corrected chi connectivity index (χ4v) is 1.68. The number of rotatable bonds is 4. The van der Waals surface area contributed by atoms with Gasteiger partial charge in [-0.25, -0.2) is 0 Å². The Kier molecular flexibility index (Phi) is 3.72. The number of para-hydroxylation sites is 2. The molecule has 0 atom stereocenters. The average Bonchev–Trinajstić information content (AvgIpc) is 2.37. The molecule has 0 amide bonds. The van der Waals surface area contributed by atoms with Crippen LogP contribution in [-0.4, -0.2) is 6.61 Å². The second-order valence-electron chi connectivity index (χ2n) is 3.97. The summed E-state index contributed by atoms with van der Waals surface area (Å²) in [7, 11) is 0. The number of nitrogen functional groups attached to an aromatic ring is 1. The highest BCUT2D eigenvalue weighted by atomic mass is 16.5. The van der Waals surface area contributed by atoms with Crippen molar-refractivity contribution in [2.75, 3.05) is 12.3 Å². The van der Waals surface area contributed by atoms with E-state index in [4.69, 9.17) is 15.2 Å². The van der Waals surface area contributed by atoms with Gasteiger partial charge in [0.15, 0.2) is 5.75 Å². The smallest absolute Gasteiger partial charge is 0.154 e. The van der Waals surface area contributed by atoms with Gasteiger partial charge in [0.25, 0.3) is 0 Å². The maximum atomic E-state index is 6.02. The second-order valence-corrected chi connectivity index (χ2v) is 3.97. The van der Waals surface area contributed by atoms with E-state index in [1.807, 2.05) is 56.3 Å². The number of hydrogen-bond acceptors (Lipinski definition) is 3. The Labute approximate surface area is 107 Å². The summed E-state index contributed by atoms with van der Waals surface area (Å²) in [5.41, 5.74) is 7.62. The van der Waals surface area contributed by atoms with E-state index in [-0.39, 0.29) is 0 Å². The molecule has 2 N–H and O–H groups in total. The van der Waals surface area contributed by atoms with Crippen molar-refractivity contribution in [3.05, 3.63) is 48.0 Å². The third kappa shape index (κ3) is 2.56. The zero-order valence-electron chi connectivity index (χ0n) is 10.6. The molecule has 3 nitrogen and oxygen atoms in total. The van der Waals surface area contributed by atoms with E-state index in [9.17, 15) is 0 Å². The van der Waals surface area contributed by atoms with Crippen molar-refractivity contribution in [3.63, 3.8) is 0 Å². The summed E-state index contributed by atoms with van der Waals surface area (Å²) in [6, 6.07) is 13.4. The zero-order valence-corrected chi connectivity index (χ0v) is 10.6. The number of hydrogen-bond donors (Lipinski definition) is 1. The summed E-state index contributed by atoms with van der Waals surface area (Å²) < 4.78 is 11.3. The number of ether oxygens (including phenoxy) is 2. The average molecular weight is 243 g/mol. The molecule has 0 unspecified atom stereocenters. The van der Waals surface area contributed by atoms with Crippen molar-refractivity contribution < 1.29 is 9.47 Å². The number of anilines is 1. The highest BCUT2D eigenvalue weighted by Crippen LogP contribution is 2.35. The lowest BCUT2D eigenvalue weighted by Gasteiger charge is -2.13. The van der Waals surface area contributed by atoms with E-state index in [2.05, 4.69) is 0 Å². The first-order chi connectivity index (χ1) is 8.72. The van der Waals surface area contributed by atoms with E-state index in [0.717, 1.165) is 11.3 Å². The summed E-state index contributed by atoms with van der Waals surface area (Å²) >= 11 is 0. The maximum absolute atomic E-state index is 6.02. The Morgan fingerprint density at radius 2 is 1.61 bits per heavy atom. The molecule has 0 bridgehead atoms. The molecule has 0 radical (unpaired) electrons. The summed E-state index contributed by atoms with van der Waals surface area (Å²) in [6.07, 6.45) is 0. The van der Waals surface area contributed by atoms with Gasteiger partial charge in [0.05, 0.1) is 6.61 Å². The van der Waals surface area contributed by atoms with Crippen molar-refractivity contribution in [1.82, 2.24) is 0 Å². The molecule has 0 aliphatic rings. The van der Waals surface area contributed by atoms with Crippen LogP contribution in [0.1, 0.15) is 12.5 Å². The van der Waals surface area contributed by atoms with Gasteiger partial charge in [-0.1, -0.05) is 24.3 Å². The van der Waals surface area contributed by atoms with Crippen LogP contribution in [0.25, 0.3) is 0 Å². The van der Waals surface area contributed by atoms with Gasteiger partial charge >= 0.3 is 0 Å². The SMILES string of the molecule is CCOc1cccc(Oc2ccccc2C)c1N. The molecule has 0 heterocycles. The Bertz CT molecular complexity index is 538. The van der Waals surface area contributed by atoms with Crippen LogP contribution in [0.2, 0.25) is 0 Å². The van der Waals surface area contributed by atoms with Crippen molar-refractivity contribution in [3.8, 4) is 17.2 Å². The van der Waals surface area contributed by atoms with Crippen LogP contribution >= 0.6 is 0 Å². The summed E-state index contributed by atoms with van der Waals surface area (Å²) in [6.45, 7) is 4.50. The van der Waals surface area contributed by atoms with E-state index < -0.39 is 0 Å². The van der Waals surface area contributed by atoms with Gasteiger partial charge in [-0.05, 0) is 37.6 Å². The summed E-state index contributed by atoms with van der Waals surface area (Å²) in [4.78, 5) is 0. The molecule has 0 spiro atoms. The van der Waals surface area contributed by atoms with Crippen molar-refractivity contribution in [2.24, 2.45) is 0 Å². The normalized spacial score (nSPS) is 10.1. The van der Waals surface area contributed by atoms with Crippen molar-refractivity contribution in [2.45, 2.75) is 13.8 Å². The predicted molar refractivity (Wildman–Crippen MR) is 73.3 cm³/mol. The van der Waals surface area contributed by atoms with Crippen LogP contribution in [0, 0.1) is 6.92 Å². The van der Waals surface area contributed by atoms with Crippen LogP contribution < -0.4 is 15.2 Å². The van der Waals surface area contributed by atoms with E-state index >= 15 is 0 Å². The molecule has 2 aromatic rings. The fraction of sp³-hybridized carbons (Fsp3) is 0.200. The van der Waals surface area contributed by atoms with Crippen LogP contribution in [0.3, 0.4) is 0 Å². The third-order valence-corrected chi connectivity index (χ3v) is 2.64. The third-order valence-electron chi connectivity index (χ3n) is 2.64. The highest BCUT2D eigenvalue weighted by Gasteiger charge is 2.08. The lowest BCUT2D eigenvalue weighted by atomic mass is 10.2. The first-order valence-corrected chi connectivity index (χ1v) is 5.97. The Balaban J connectivity index is 2.30. The monoisotopic (exact) mass is 243 g/mol. The Hall–Kier alpha value is -2.16. The van der Waals surface area contributed by atoms with Gasteiger partial charge in [0.2, 0.25) is 0 Å². The molecule has 0 saturated carbocycles. The molecule has 2 aromatic carbocycles. The lowest BCUT2D eigenvalue weighted by Crippen LogP contribution is -1.99. The number of aryl methyl sites for hydroxylation is 1. The molecule has 3 heteroatoms. The molecule has 18 heavy (non-hydrogen) atoms. The molecule has 2 rings (SSSR count). The molecule has 94 valence electrons. The van der Waals surface area contributed by atoms with Gasteiger partial charge in [-0.15, -0.1) is 0 Å². The van der Waals surface area contributed by atoms with E-state index in [1.54, 1.807) is 0 Å². The van der Waals surface area contributed by atoms with Gasteiger partial charge in [-0.3, -0.25) is 0 Å². The Morgan fingerprint density at radius 3 is 2.33 bits per heavy atom. The molecular formula is C15H17NO2. The molecule has 0 aliphatic carbocycles. The molecule has 0 fully saturated rings. The van der Waals surface area contributed by atoms with Crippen molar-refractivity contribution >= 4 is 5.69 Å². The Morgan fingerprint density at radius 1 is 0.944 bits per heavy atom. The van der Waals surface area contributed by atoms with Gasteiger partial charge in [0.1, 0.15) is 17.2 Å². The van der Waals surface area contributed by atoms with Crippen LogP contribution in [-0.2, 0) is 0 Å². The predicted octanol–water partition coefficient (Wildman–Crippen LogP) is 3.77. The van der Waals surface area contributed by atoms with E-state index in [0.29, 0.717) is 23.8 Å². The van der Waals surface area contributed by atoms with E-state index in [1.165, 1.54) is 0 Å². The van der Waals surface area contributed by atoms with Gasteiger partial charge in [-0.2, -0.15) is 0 Å². The van der Waals surface area contributed by atoms with Crippen LogP contribution in [0.15, 0.2) is 42.5 Å². The molecule has 0 aliphatic heterocycles. The quantitative estimate of drug-likeness (QED) is 0.831. The maximum Gasteiger partial charge on any atom is 0.154 e. The van der Waals surface area contributed by atoms with Gasteiger partial charge < -0.3 is 15.2 Å². The first kappa shape index (κ1) is 12.3. The summed E-state index contributed by atoms with van der Waals surface area (Å²) in [5, 5.41) is 0. The minimum Gasteiger partial charge on any atom is -0.492 e. The zero-order chi connectivity index (χ0) is 13.0. The molecule has 0 aromatic heterocycles. The van der Waals surface area contributed by atoms with Crippen LogP contribution in [0.4, 0.5) is 5.69 Å². The summed E-state index contributed by atoms with van der Waals surface area (Å²) in [5.74, 6) is 2.08. The van der Waals surface area contributed by atoms with Crippen LogP contribution in [0.5, 0.6) is 17.2 Å². The highest BCUT2D eigenvalue weighted by molar-refractivity contribution is 5.63. The lowest BCUT2D eigenvalue weighted by molar-refractivity contribution is 0.340. The van der Waals surface area contributed by atoms with Gasteiger partial charge in [0, 0.05) is 0 Å². The second kappa shape index (κ2) is 5.45. The number of nitrogens with two attached hydrogens (primary N) is 1. The number of benzene rings is 2. The molecule has 0 saturated heterocycles. The molecular weight excluding hydrogens is 226 g/mol. The first-order valence-electron chi connectivity index (χ1n) is 5.97. The minimum atomic E-state index is 0.530. The fourth-order valence-electron chi connectivity index (χ4n) is 1.68. The topological polar surface area (TPSA) is 44.5 Å².